The van der Waals surface area contributed by atoms with Crippen LogP contribution in [0.4, 0.5) is 11.6 Å². The molecule has 0 bridgehead atoms. The minimum absolute atomic E-state index is 0.107. The summed E-state index contributed by atoms with van der Waals surface area (Å²) in [5.74, 6) is 0.536. The molecule has 0 atom stereocenters. The molecule has 1 aliphatic heterocycles. The van der Waals surface area contributed by atoms with Crippen LogP contribution in [-0.4, -0.2) is 63.5 Å². The Morgan fingerprint density at radius 3 is 2.76 bits per heavy atom. The minimum atomic E-state index is -0.107. The Bertz CT molecular complexity index is 1510. The second-order valence-corrected chi connectivity index (χ2v) is 8.75. The van der Waals surface area contributed by atoms with Crippen molar-refractivity contribution in [3.05, 3.63) is 77.3 Å². The highest BCUT2D eigenvalue weighted by Crippen LogP contribution is 2.27. The molecule has 1 aliphatic rings. The number of para-hydroxylation sites is 2. The van der Waals surface area contributed by atoms with Gasteiger partial charge in [-0.2, -0.15) is 0 Å². The Balaban J connectivity index is 1.04. The van der Waals surface area contributed by atoms with E-state index in [1.54, 1.807) is 6.07 Å². The fourth-order valence-electron chi connectivity index (χ4n) is 4.84. The molecule has 2 N–H and O–H groups in total. The molecule has 0 amide bonds. The standard InChI is InChI=1S/C26H27N7O/c34-25-20-7-1-2-8-21(20)29-26(30-25)27-11-5-12-31-14-16-32(17-15-31)22-9-3-10-23-24(22)28-18-19-6-4-13-33(19)23/h1-4,6-10,13,18H,5,11-12,14-17H2,(H2,27,29,30,34). The van der Waals surface area contributed by atoms with Crippen LogP contribution in [0.25, 0.3) is 27.5 Å². The number of anilines is 2. The van der Waals surface area contributed by atoms with E-state index in [1.807, 2.05) is 24.4 Å². The summed E-state index contributed by atoms with van der Waals surface area (Å²) < 4.78 is 2.20. The molecule has 3 aromatic heterocycles. The zero-order chi connectivity index (χ0) is 22.9. The number of aromatic amines is 1. The molecule has 1 saturated heterocycles. The summed E-state index contributed by atoms with van der Waals surface area (Å²) in [7, 11) is 0. The quantitative estimate of drug-likeness (QED) is 0.384. The summed E-state index contributed by atoms with van der Waals surface area (Å²) in [6.45, 7) is 5.79. The van der Waals surface area contributed by atoms with E-state index in [-0.39, 0.29) is 5.56 Å². The third-order valence-electron chi connectivity index (χ3n) is 6.63. The lowest BCUT2D eigenvalue weighted by Gasteiger charge is -2.36. The number of fused-ring (bicyclic) bond motifs is 4. The Hall–Kier alpha value is -3.91. The van der Waals surface area contributed by atoms with Crippen LogP contribution in [0.15, 0.2) is 71.8 Å². The summed E-state index contributed by atoms with van der Waals surface area (Å²) >= 11 is 0. The molecule has 5 aromatic rings. The number of H-pyrrole nitrogens is 1. The predicted octanol–water partition coefficient (Wildman–Crippen LogP) is 3.35. The van der Waals surface area contributed by atoms with Crippen molar-refractivity contribution >= 4 is 39.1 Å². The molecule has 0 spiro atoms. The van der Waals surface area contributed by atoms with E-state index < -0.39 is 0 Å². The van der Waals surface area contributed by atoms with Crippen molar-refractivity contribution in [1.29, 1.82) is 0 Å². The normalized spacial score (nSPS) is 14.9. The molecule has 2 aromatic carbocycles. The Morgan fingerprint density at radius 1 is 0.971 bits per heavy atom. The maximum absolute atomic E-state index is 12.2. The molecule has 0 unspecified atom stereocenters. The maximum Gasteiger partial charge on any atom is 0.260 e. The van der Waals surface area contributed by atoms with Gasteiger partial charge in [0.1, 0.15) is 5.52 Å². The maximum atomic E-state index is 12.2. The molecule has 34 heavy (non-hydrogen) atoms. The number of piperazine rings is 1. The Morgan fingerprint density at radius 2 is 1.85 bits per heavy atom. The second-order valence-electron chi connectivity index (χ2n) is 8.75. The number of hydrogen-bond acceptors (Lipinski definition) is 6. The van der Waals surface area contributed by atoms with Crippen LogP contribution in [-0.2, 0) is 0 Å². The van der Waals surface area contributed by atoms with Crippen molar-refractivity contribution in [2.75, 3.05) is 49.5 Å². The zero-order valence-electron chi connectivity index (χ0n) is 18.9. The van der Waals surface area contributed by atoms with Crippen molar-refractivity contribution in [2.45, 2.75) is 6.42 Å². The lowest BCUT2D eigenvalue weighted by Crippen LogP contribution is -2.47. The van der Waals surface area contributed by atoms with E-state index in [0.29, 0.717) is 16.9 Å². The Kier molecular flexibility index (Phi) is 5.35. The third kappa shape index (κ3) is 3.86. The van der Waals surface area contributed by atoms with Gasteiger partial charge in [-0.25, -0.2) is 4.98 Å². The molecule has 4 heterocycles. The van der Waals surface area contributed by atoms with Crippen LogP contribution in [0.3, 0.4) is 0 Å². The van der Waals surface area contributed by atoms with Crippen LogP contribution < -0.4 is 15.8 Å². The highest BCUT2D eigenvalue weighted by atomic mass is 16.1. The van der Waals surface area contributed by atoms with E-state index in [9.17, 15) is 4.79 Å². The molecular formula is C26H27N7O. The SMILES string of the molecule is O=c1[nH]c(NCCCN2CCN(c3cccc4c3ncc3cccn34)CC2)nc2ccccc12. The number of nitrogens with one attached hydrogen (secondary N) is 2. The van der Waals surface area contributed by atoms with Crippen LogP contribution in [0, 0.1) is 0 Å². The van der Waals surface area contributed by atoms with Gasteiger partial charge in [-0.1, -0.05) is 18.2 Å². The number of aromatic nitrogens is 4. The first-order valence-electron chi connectivity index (χ1n) is 11.8. The Labute approximate surface area is 196 Å². The second kappa shape index (κ2) is 8.79. The van der Waals surface area contributed by atoms with Gasteiger partial charge in [0.15, 0.2) is 0 Å². The summed E-state index contributed by atoms with van der Waals surface area (Å²) in [6.07, 6.45) is 5.03. The molecule has 172 valence electrons. The van der Waals surface area contributed by atoms with Gasteiger partial charge >= 0.3 is 0 Å². The summed E-state index contributed by atoms with van der Waals surface area (Å²) in [5.41, 5.74) is 5.14. The van der Waals surface area contributed by atoms with Gasteiger partial charge < -0.3 is 14.6 Å². The van der Waals surface area contributed by atoms with Gasteiger partial charge in [0.05, 0.1) is 33.8 Å². The monoisotopic (exact) mass is 453 g/mol. The third-order valence-corrected chi connectivity index (χ3v) is 6.63. The van der Waals surface area contributed by atoms with Gasteiger partial charge in [-0.15, -0.1) is 0 Å². The van der Waals surface area contributed by atoms with Gasteiger partial charge in [-0.3, -0.25) is 19.7 Å². The number of benzene rings is 2. The first-order valence-corrected chi connectivity index (χ1v) is 11.8. The zero-order valence-corrected chi connectivity index (χ0v) is 18.9. The fourth-order valence-corrected chi connectivity index (χ4v) is 4.84. The van der Waals surface area contributed by atoms with Crippen LogP contribution in [0.2, 0.25) is 0 Å². The van der Waals surface area contributed by atoms with E-state index in [1.165, 1.54) is 5.69 Å². The van der Waals surface area contributed by atoms with Crippen molar-refractivity contribution in [1.82, 2.24) is 24.3 Å². The first kappa shape index (κ1) is 20.7. The smallest absolute Gasteiger partial charge is 0.260 e. The molecular weight excluding hydrogens is 426 g/mol. The largest absolute Gasteiger partial charge is 0.367 e. The predicted molar refractivity (Wildman–Crippen MR) is 137 cm³/mol. The molecule has 8 heteroatoms. The van der Waals surface area contributed by atoms with Crippen molar-refractivity contribution in [2.24, 2.45) is 0 Å². The molecule has 0 aliphatic carbocycles. The van der Waals surface area contributed by atoms with Crippen LogP contribution in [0.5, 0.6) is 0 Å². The number of nitrogens with zero attached hydrogens (tertiary/aromatic N) is 5. The molecule has 1 fully saturated rings. The van der Waals surface area contributed by atoms with E-state index in [4.69, 9.17) is 4.98 Å². The van der Waals surface area contributed by atoms with Crippen molar-refractivity contribution in [3.8, 4) is 0 Å². The summed E-state index contributed by atoms with van der Waals surface area (Å²) in [6, 6.07) is 18.0. The van der Waals surface area contributed by atoms with Crippen molar-refractivity contribution < 1.29 is 0 Å². The molecule has 6 rings (SSSR count). The fraction of sp³-hybridized carbons (Fsp3) is 0.269. The topological polar surface area (TPSA) is 81.6 Å². The van der Waals surface area contributed by atoms with Gasteiger partial charge in [0.25, 0.3) is 5.56 Å². The number of hydrogen-bond donors (Lipinski definition) is 2. The minimum Gasteiger partial charge on any atom is -0.367 e. The number of rotatable bonds is 6. The first-order chi connectivity index (χ1) is 16.8. The average Bonchev–Trinajstić information content (AvgIpc) is 3.36. The van der Waals surface area contributed by atoms with Gasteiger partial charge in [0.2, 0.25) is 5.95 Å². The van der Waals surface area contributed by atoms with Crippen LogP contribution >= 0.6 is 0 Å². The van der Waals surface area contributed by atoms with Gasteiger partial charge in [0, 0.05) is 38.9 Å². The highest BCUT2D eigenvalue weighted by molar-refractivity contribution is 5.90. The van der Waals surface area contributed by atoms with E-state index in [2.05, 4.69) is 66.0 Å². The average molecular weight is 454 g/mol. The van der Waals surface area contributed by atoms with Crippen LogP contribution in [0.1, 0.15) is 6.42 Å². The summed E-state index contributed by atoms with van der Waals surface area (Å²) in [4.78, 5) is 29.3. The lowest BCUT2D eigenvalue weighted by atomic mass is 10.2. The summed E-state index contributed by atoms with van der Waals surface area (Å²) in [5, 5.41) is 3.89. The van der Waals surface area contributed by atoms with E-state index in [0.717, 1.165) is 62.2 Å². The van der Waals surface area contributed by atoms with Crippen molar-refractivity contribution in [3.63, 3.8) is 0 Å². The van der Waals surface area contributed by atoms with E-state index >= 15 is 0 Å². The lowest BCUT2D eigenvalue weighted by molar-refractivity contribution is 0.257. The highest BCUT2D eigenvalue weighted by Gasteiger charge is 2.19. The molecule has 0 saturated carbocycles. The molecule has 8 nitrogen and oxygen atoms in total. The van der Waals surface area contributed by atoms with Gasteiger partial charge in [-0.05, 0) is 49.4 Å². The molecule has 0 radical (unpaired) electrons.